The van der Waals surface area contributed by atoms with Gasteiger partial charge in [-0.25, -0.2) is 0 Å². The largest absolute Gasteiger partial charge is 0.418 e. The van der Waals surface area contributed by atoms with Gasteiger partial charge >= 0.3 is 6.18 Å². The molecule has 0 aliphatic heterocycles. The average Bonchev–Trinajstić information content (AvgIpc) is 3.66. The summed E-state index contributed by atoms with van der Waals surface area (Å²) >= 11 is 5.69. The molecule has 0 spiro atoms. The first-order valence-electron chi connectivity index (χ1n) is 9.99. The number of hydrogen-bond acceptors (Lipinski definition) is 5. The van der Waals surface area contributed by atoms with Crippen molar-refractivity contribution in [2.75, 3.05) is 5.32 Å². The molecule has 2 aliphatic carbocycles. The highest BCUT2D eigenvalue weighted by Crippen LogP contribution is 2.40. The number of alkyl halides is 3. The fourth-order valence-corrected chi connectivity index (χ4v) is 3.37. The first kappa shape index (κ1) is 22.3. The number of rotatable bonds is 7. The van der Waals surface area contributed by atoms with E-state index in [4.69, 9.17) is 17.3 Å². The molecule has 2 aliphatic rings. The fourth-order valence-electron chi connectivity index (χ4n) is 3.20. The first-order valence-corrected chi connectivity index (χ1v) is 10.4. The van der Waals surface area contributed by atoms with Gasteiger partial charge in [0.05, 0.1) is 40.9 Å². The second-order valence-electron chi connectivity index (χ2n) is 8.23. The minimum Gasteiger partial charge on any atom is -0.354 e. The number of benzene rings is 1. The van der Waals surface area contributed by atoms with Crippen LogP contribution in [0.1, 0.15) is 36.9 Å². The van der Waals surface area contributed by atoms with E-state index < -0.39 is 22.8 Å². The average molecular weight is 468 g/mol. The molecule has 0 bridgehead atoms. The highest BCUT2D eigenvalue weighted by molar-refractivity contribution is 6.30. The van der Waals surface area contributed by atoms with Crippen LogP contribution in [-0.2, 0) is 22.3 Å². The molecule has 170 valence electrons. The van der Waals surface area contributed by atoms with Crippen molar-refractivity contribution in [1.29, 1.82) is 0 Å². The number of amides is 2. The predicted octanol–water partition coefficient (Wildman–Crippen LogP) is 3.25. The Kier molecular flexibility index (Phi) is 5.54. The molecule has 32 heavy (non-hydrogen) atoms. The van der Waals surface area contributed by atoms with Crippen LogP contribution in [-0.4, -0.2) is 27.9 Å². The molecule has 2 amide bonds. The molecule has 2 aromatic rings. The summed E-state index contributed by atoms with van der Waals surface area (Å²) in [5, 5.41) is 8.17. The van der Waals surface area contributed by atoms with Gasteiger partial charge < -0.3 is 21.7 Å². The van der Waals surface area contributed by atoms with E-state index in [1.807, 2.05) is 0 Å². The smallest absolute Gasteiger partial charge is 0.354 e. The zero-order chi connectivity index (χ0) is 23.1. The Morgan fingerprint density at radius 1 is 1.09 bits per heavy atom. The van der Waals surface area contributed by atoms with E-state index in [1.165, 1.54) is 18.3 Å². The van der Waals surface area contributed by atoms with E-state index >= 15 is 0 Å². The number of anilines is 2. The molecular formula is C21H21ClF3N5O2. The Morgan fingerprint density at radius 2 is 1.81 bits per heavy atom. The third kappa shape index (κ3) is 4.81. The Morgan fingerprint density at radius 3 is 2.38 bits per heavy atom. The molecule has 2 fully saturated rings. The maximum Gasteiger partial charge on any atom is 0.418 e. The summed E-state index contributed by atoms with van der Waals surface area (Å²) in [5.74, 6) is -0.616. The van der Waals surface area contributed by atoms with Gasteiger partial charge in [0.15, 0.2) is 0 Å². The fraction of sp³-hybridized carbons (Fsp3) is 0.381. The number of nitrogens with one attached hydrogen (secondary N) is 3. The van der Waals surface area contributed by atoms with Crippen molar-refractivity contribution in [2.45, 2.75) is 49.5 Å². The van der Waals surface area contributed by atoms with Gasteiger partial charge in [0.25, 0.3) is 0 Å². The monoisotopic (exact) mass is 467 g/mol. The summed E-state index contributed by atoms with van der Waals surface area (Å²) < 4.78 is 39.7. The van der Waals surface area contributed by atoms with Gasteiger partial charge in [-0.15, -0.1) is 0 Å². The number of halogens is 4. The predicted molar refractivity (Wildman–Crippen MR) is 112 cm³/mol. The van der Waals surface area contributed by atoms with Crippen LogP contribution in [0.2, 0.25) is 5.02 Å². The van der Waals surface area contributed by atoms with Gasteiger partial charge in [0.2, 0.25) is 11.8 Å². The molecule has 0 saturated heterocycles. The molecule has 2 saturated carbocycles. The minimum absolute atomic E-state index is 0.0181. The van der Waals surface area contributed by atoms with Gasteiger partial charge in [-0.1, -0.05) is 11.6 Å². The molecule has 0 radical (unpaired) electrons. The van der Waals surface area contributed by atoms with E-state index in [-0.39, 0.29) is 29.1 Å². The Hall–Kier alpha value is -2.85. The number of nitrogens with two attached hydrogens (primary N) is 1. The summed E-state index contributed by atoms with van der Waals surface area (Å²) in [5.41, 5.74) is 3.92. The third-order valence-corrected chi connectivity index (χ3v) is 5.83. The Labute approximate surface area is 186 Å². The number of hydrogen-bond donors (Lipinski definition) is 4. The zero-order valence-corrected chi connectivity index (χ0v) is 17.6. The Bertz CT molecular complexity index is 1050. The summed E-state index contributed by atoms with van der Waals surface area (Å²) in [6.45, 7) is 0.110. The molecule has 11 heteroatoms. The standard InChI is InChI=1S/C21H21ClF3N5O2/c22-12-1-4-16(15(9-12)21(23,24)25)29-14-3-2-13(27-11-14)10-28-18(32)20(7-8-20)30-17(31)19(26)5-6-19/h1-4,9,11,29H,5-8,10,26H2,(H,28,32)(H,30,31). The van der Waals surface area contributed by atoms with Crippen LogP contribution in [0.4, 0.5) is 24.5 Å². The van der Waals surface area contributed by atoms with E-state index in [0.29, 0.717) is 37.1 Å². The van der Waals surface area contributed by atoms with E-state index in [0.717, 1.165) is 6.07 Å². The van der Waals surface area contributed by atoms with Crippen molar-refractivity contribution >= 4 is 34.8 Å². The quantitative estimate of drug-likeness (QED) is 0.500. The van der Waals surface area contributed by atoms with Gasteiger partial charge in [-0.2, -0.15) is 13.2 Å². The maximum atomic E-state index is 13.2. The highest BCUT2D eigenvalue weighted by Gasteiger charge is 2.55. The zero-order valence-electron chi connectivity index (χ0n) is 16.9. The summed E-state index contributed by atoms with van der Waals surface area (Å²) in [4.78, 5) is 28.8. The number of carbonyl (C=O) groups excluding carboxylic acids is 2. The number of pyridine rings is 1. The van der Waals surface area contributed by atoms with Crippen LogP contribution in [0.5, 0.6) is 0 Å². The van der Waals surface area contributed by atoms with Crippen molar-refractivity contribution < 1.29 is 22.8 Å². The van der Waals surface area contributed by atoms with Crippen LogP contribution in [0.15, 0.2) is 36.5 Å². The lowest BCUT2D eigenvalue weighted by Gasteiger charge is -2.19. The summed E-state index contributed by atoms with van der Waals surface area (Å²) in [6.07, 6.45) is -0.889. The number of nitrogens with zero attached hydrogens (tertiary/aromatic N) is 1. The van der Waals surface area contributed by atoms with Crippen LogP contribution < -0.4 is 21.7 Å². The molecule has 4 rings (SSSR count). The van der Waals surface area contributed by atoms with Crippen molar-refractivity contribution in [1.82, 2.24) is 15.6 Å². The van der Waals surface area contributed by atoms with Crippen LogP contribution >= 0.6 is 11.6 Å². The normalized spacial score (nSPS) is 17.9. The number of carbonyl (C=O) groups is 2. The molecule has 1 aromatic heterocycles. The Balaban J connectivity index is 1.35. The van der Waals surface area contributed by atoms with Crippen LogP contribution in [0, 0.1) is 0 Å². The SMILES string of the molecule is NC1(C(=O)NC2(C(=O)NCc3ccc(Nc4ccc(Cl)cc4C(F)(F)F)cn3)CC2)CC1. The first-order chi connectivity index (χ1) is 15.0. The van der Waals surface area contributed by atoms with E-state index in [9.17, 15) is 22.8 Å². The van der Waals surface area contributed by atoms with Gasteiger partial charge in [0, 0.05) is 5.02 Å². The van der Waals surface area contributed by atoms with Crippen molar-refractivity contribution in [3.05, 3.63) is 52.8 Å². The minimum atomic E-state index is -4.57. The van der Waals surface area contributed by atoms with Crippen molar-refractivity contribution in [2.24, 2.45) is 5.73 Å². The topological polar surface area (TPSA) is 109 Å². The second kappa shape index (κ2) is 7.93. The lowest BCUT2D eigenvalue weighted by Crippen LogP contribution is -2.54. The van der Waals surface area contributed by atoms with Gasteiger partial charge in [-0.05, 0) is 56.0 Å². The van der Waals surface area contributed by atoms with Gasteiger partial charge in [0.1, 0.15) is 5.54 Å². The third-order valence-electron chi connectivity index (χ3n) is 5.60. The lowest BCUT2D eigenvalue weighted by molar-refractivity contribution is -0.137. The molecule has 1 heterocycles. The summed E-state index contributed by atoms with van der Waals surface area (Å²) in [6, 6.07) is 6.60. The molecule has 7 nitrogen and oxygen atoms in total. The van der Waals surface area contributed by atoms with Crippen molar-refractivity contribution in [3.63, 3.8) is 0 Å². The number of aromatic nitrogens is 1. The highest BCUT2D eigenvalue weighted by atomic mass is 35.5. The second-order valence-corrected chi connectivity index (χ2v) is 8.66. The molecule has 1 aromatic carbocycles. The molecular weight excluding hydrogens is 447 g/mol. The van der Waals surface area contributed by atoms with E-state index in [2.05, 4.69) is 20.9 Å². The molecule has 0 atom stereocenters. The van der Waals surface area contributed by atoms with E-state index in [1.54, 1.807) is 12.1 Å². The van der Waals surface area contributed by atoms with Gasteiger partial charge in [-0.3, -0.25) is 14.6 Å². The van der Waals surface area contributed by atoms with Crippen molar-refractivity contribution in [3.8, 4) is 0 Å². The summed E-state index contributed by atoms with van der Waals surface area (Å²) in [7, 11) is 0. The lowest BCUT2D eigenvalue weighted by atomic mass is 10.1. The van der Waals surface area contributed by atoms with Crippen LogP contribution in [0.25, 0.3) is 0 Å². The maximum absolute atomic E-state index is 13.2. The van der Waals surface area contributed by atoms with Crippen LogP contribution in [0.3, 0.4) is 0 Å². The molecule has 0 unspecified atom stereocenters. The molecule has 5 N–H and O–H groups in total.